The fourth-order valence-electron chi connectivity index (χ4n) is 4.91. The van der Waals surface area contributed by atoms with Gasteiger partial charge in [0.25, 0.3) is 0 Å². The Morgan fingerprint density at radius 3 is 1.25 bits per heavy atom. The predicted molar refractivity (Wildman–Crippen MR) is 155 cm³/mol. The fourth-order valence-corrected chi connectivity index (χ4v) is 8.05. The molecule has 0 heterocycles. The van der Waals surface area contributed by atoms with Crippen molar-refractivity contribution in [2.24, 2.45) is 0 Å². The van der Waals surface area contributed by atoms with E-state index in [2.05, 4.69) is 31.2 Å². The van der Waals surface area contributed by atoms with E-state index in [1.807, 2.05) is 36.4 Å². The molecule has 2 rings (SSSR count). The number of hydrogen-bond donors (Lipinski definition) is 0. The molecule has 0 aliphatic heterocycles. The molecule has 2 aromatic rings. The van der Waals surface area contributed by atoms with Gasteiger partial charge in [0, 0.05) is 6.61 Å². The van der Waals surface area contributed by atoms with Crippen LogP contribution in [0.3, 0.4) is 0 Å². The standard InChI is InChI=1S/C32H51FO2Si/c1-2-3-4-5-6-7-8-9-10-11-12-13-14-15-16-23-29-34-36(35-30-28-33,31-24-19-17-20-25-31)32-26-21-18-22-27-32/h17-22,24-27H,2-16,23,28-30H2,1H3. The number of unbranched alkanes of at least 4 members (excludes halogenated alkanes) is 15. The van der Waals surface area contributed by atoms with Crippen molar-refractivity contribution in [1.29, 1.82) is 0 Å². The van der Waals surface area contributed by atoms with E-state index >= 15 is 0 Å². The van der Waals surface area contributed by atoms with Crippen molar-refractivity contribution in [3.05, 3.63) is 60.7 Å². The number of rotatable bonds is 23. The lowest BCUT2D eigenvalue weighted by Crippen LogP contribution is -2.63. The summed E-state index contributed by atoms with van der Waals surface area (Å²) in [6.07, 6.45) is 21.6. The third kappa shape index (κ3) is 12.2. The molecule has 202 valence electrons. The van der Waals surface area contributed by atoms with Crippen molar-refractivity contribution >= 4 is 18.9 Å². The number of halogens is 1. The van der Waals surface area contributed by atoms with Gasteiger partial charge in [-0.15, -0.1) is 0 Å². The van der Waals surface area contributed by atoms with Gasteiger partial charge in [-0.3, -0.25) is 0 Å². The SMILES string of the molecule is CCCCCCCCCCCCCCCCCCO[Si](OCCF)(c1ccccc1)c1ccccc1. The second kappa shape index (κ2) is 20.6. The quantitative estimate of drug-likeness (QED) is 0.109. The largest absolute Gasteiger partial charge is 0.407 e. The Morgan fingerprint density at radius 1 is 0.500 bits per heavy atom. The zero-order valence-electron chi connectivity index (χ0n) is 22.9. The van der Waals surface area contributed by atoms with Crippen LogP contribution in [-0.2, 0) is 8.85 Å². The maximum atomic E-state index is 13.1. The van der Waals surface area contributed by atoms with Crippen LogP contribution in [0.4, 0.5) is 4.39 Å². The van der Waals surface area contributed by atoms with E-state index in [4.69, 9.17) is 8.85 Å². The van der Waals surface area contributed by atoms with Gasteiger partial charge in [-0.05, 0) is 16.8 Å². The molecule has 2 nitrogen and oxygen atoms in total. The Kier molecular flexibility index (Phi) is 17.5. The van der Waals surface area contributed by atoms with Crippen LogP contribution in [0.2, 0.25) is 0 Å². The van der Waals surface area contributed by atoms with Crippen LogP contribution in [0.25, 0.3) is 0 Å². The smallest absolute Gasteiger partial charge is 0.388 e. The molecule has 0 fully saturated rings. The average Bonchev–Trinajstić information content (AvgIpc) is 2.93. The van der Waals surface area contributed by atoms with Crippen molar-refractivity contribution in [3.63, 3.8) is 0 Å². The summed E-state index contributed by atoms with van der Waals surface area (Å²) >= 11 is 0. The van der Waals surface area contributed by atoms with Crippen LogP contribution in [-0.4, -0.2) is 28.4 Å². The molecule has 0 bridgehead atoms. The molecule has 0 spiro atoms. The minimum Gasteiger partial charge on any atom is -0.388 e. The molecule has 0 aliphatic carbocycles. The summed E-state index contributed by atoms with van der Waals surface area (Å²) in [5.74, 6) is 0. The minimum absolute atomic E-state index is 0.0645. The first-order valence-electron chi connectivity index (χ1n) is 14.8. The molecular formula is C32H51FO2Si. The summed E-state index contributed by atoms with van der Waals surface area (Å²) in [6, 6.07) is 20.3. The van der Waals surface area contributed by atoms with Gasteiger partial charge in [-0.1, -0.05) is 164 Å². The lowest BCUT2D eigenvalue weighted by molar-refractivity contribution is 0.175. The molecule has 0 amide bonds. The van der Waals surface area contributed by atoms with E-state index in [9.17, 15) is 4.39 Å². The van der Waals surface area contributed by atoms with Crippen molar-refractivity contribution < 1.29 is 13.2 Å². The number of benzene rings is 2. The summed E-state index contributed by atoms with van der Waals surface area (Å²) in [7, 11) is -2.92. The Bertz CT molecular complexity index is 701. The zero-order valence-corrected chi connectivity index (χ0v) is 23.9. The van der Waals surface area contributed by atoms with Gasteiger partial charge >= 0.3 is 8.56 Å². The predicted octanol–water partition coefficient (Wildman–Crippen LogP) is 8.51. The maximum Gasteiger partial charge on any atom is 0.407 e. The summed E-state index contributed by atoms with van der Waals surface area (Å²) < 4.78 is 25.9. The van der Waals surface area contributed by atoms with E-state index < -0.39 is 15.2 Å². The van der Waals surface area contributed by atoms with E-state index in [1.54, 1.807) is 0 Å². The molecule has 0 aromatic heterocycles. The van der Waals surface area contributed by atoms with Crippen LogP contribution in [0.15, 0.2) is 60.7 Å². The third-order valence-corrected chi connectivity index (χ3v) is 10.4. The van der Waals surface area contributed by atoms with Crippen molar-refractivity contribution in [2.75, 3.05) is 19.9 Å². The van der Waals surface area contributed by atoms with E-state index in [-0.39, 0.29) is 6.61 Å². The number of hydrogen-bond acceptors (Lipinski definition) is 2. The van der Waals surface area contributed by atoms with Gasteiger partial charge in [0.1, 0.15) is 6.67 Å². The Hall–Kier alpha value is -1.49. The summed E-state index contributed by atoms with van der Waals surface area (Å²) in [5, 5.41) is 2.09. The second-order valence-corrected chi connectivity index (χ2v) is 13.0. The Balaban J connectivity index is 1.62. The van der Waals surface area contributed by atoms with Gasteiger partial charge in [-0.25, -0.2) is 4.39 Å². The van der Waals surface area contributed by atoms with E-state index in [0.29, 0.717) is 6.61 Å². The first-order chi connectivity index (χ1) is 17.8. The van der Waals surface area contributed by atoms with Gasteiger partial charge in [-0.2, -0.15) is 0 Å². The number of alkyl halides is 1. The Labute approximate surface area is 222 Å². The molecule has 0 saturated heterocycles. The second-order valence-electron chi connectivity index (χ2n) is 10.0. The molecule has 0 radical (unpaired) electrons. The first-order valence-corrected chi connectivity index (χ1v) is 16.6. The van der Waals surface area contributed by atoms with Gasteiger partial charge in [0.2, 0.25) is 0 Å². The topological polar surface area (TPSA) is 18.5 Å². The van der Waals surface area contributed by atoms with Crippen molar-refractivity contribution in [3.8, 4) is 0 Å². The lowest BCUT2D eigenvalue weighted by atomic mass is 10.0. The van der Waals surface area contributed by atoms with Crippen LogP contribution in [0.1, 0.15) is 110 Å². The molecule has 0 unspecified atom stereocenters. The average molecular weight is 515 g/mol. The van der Waals surface area contributed by atoms with Gasteiger partial charge in [0.15, 0.2) is 0 Å². The van der Waals surface area contributed by atoms with Crippen LogP contribution in [0, 0.1) is 0 Å². The highest BCUT2D eigenvalue weighted by atomic mass is 28.4. The fraction of sp³-hybridized carbons (Fsp3) is 0.625. The van der Waals surface area contributed by atoms with Crippen LogP contribution in [0.5, 0.6) is 0 Å². The molecule has 36 heavy (non-hydrogen) atoms. The molecule has 0 aliphatic rings. The summed E-state index contributed by atoms with van der Waals surface area (Å²) in [5.41, 5.74) is 0. The summed E-state index contributed by atoms with van der Waals surface area (Å²) in [4.78, 5) is 0. The van der Waals surface area contributed by atoms with Crippen LogP contribution < -0.4 is 10.4 Å². The van der Waals surface area contributed by atoms with Crippen molar-refractivity contribution in [1.82, 2.24) is 0 Å². The van der Waals surface area contributed by atoms with Gasteiger partial charge in [0.05, 0.1) is 6.61 Å². The molecule has 0 saturated carbocycles. The normalized spacial score (nSPS) is 11.7. The molecular weight excluding hydrogens is 463 g/mol. The zero-order chi connectivity index (χ0) is 25.6. The Morgan fingerprint density at radius 2 is 0.861 bits per heavy atom. The molecule has 4 heteroatoms. The molecule has 0 N–H and O–H groups in total. The van der Waals surface area contributed by atoms with E-state index in [1.165, 1.54) is 96.3 Å². The summed E-state index contributed by atoms with van der Waals surface area (Å²) in [6.45, 7) is 2.50. The van der Waals surface area contributed by atoms with E-state index in [0.717, 1.165) is 16.8 Å². The maximum absolute atomic E-state index is 13.1. The third-order valence-electron chi connectivity index (χ3n) is 6.99. The minimum atomic E-state index is -2.92. The molecule has 0 atom stereocenters. The highest BCUT2D eigenvalue weighted by Crippen LogP contribution is 2.15. The monoisotopic (exact) mass is 514 g/mol. The lowest BCUT2D eigenvalue weighted by Gasteiger charge is -2.31. The highest BCUT2D eigenvalue weighted by molar-refractivity contribution is 6.92. The van der Waals surface area contributed by atoms with Crippen LogP contribution >= 0.6 is 0 Å². The first kappa shape index (κ1) is 30.7. The highest BCUT2D eigenvalue weighted by Gasteiger charge is 2.42. The molecule has 2 aromatic carbocycles. The van der Waals surface area contributed by atoms with Gasteiger partial charge < -0.3 is 8.85 Å². The van der Waals surface area contributed by atoms with Crippen molar-refractivity contribution in [2.45, 2.75) is 110 Å².